The molecule has 8 nitrogen and oxygen atoms in total. The number of benzene rings is 1. The summed E-state index contributed by atoms with van der Waals surface area (Å²) in [6.45, 7) is 0. The molecule has 2 rings (SSSR count). The van der Waals surface area contributed by atoms with E-state index < -0.39 is 21.8 Å². The molecule has 94 valence electrons. The molecule has 0 saturated carbocycles. The predicted octanol–water partition coefficient (Wildman–Crippen LogP) is 1.28. The maximum Gasteiger partial charge on any atom is 0.300 e. The highest BCUT2D eigenvalue weighted by Gasteiger charge is 2.29. The van der Waals surface area contributed by atoms with Crippen molar-refractivity contribution >= 4 is 23.1 Å². The van der Waals surface area contributed by atoms with Gasteiger partial charge in [-0.3, -0.25) is 20.2 Å². The molecule has 8 heteroatoms. The number of nitrogens with zero attached hydrogens (tertiary/aromatic N) is 3. The Morgan fingerprint density at radius 3 is 2.50 bits per heavy atom. The number of rotatable bonds is 2. The lowest BCUT2D eigenvalue weighted by molar-refractivity contribution is -0.393. The van der Waals surface area contributed by atoms with Crippen LogP contribution in [0.3, 0.4) is 0 Å². The maximum atomic E-state index is 11.0. The third-order valence-corrected chi connectivity index (χ3v) is 2.71. The van der Waals surface area contributed by atoms with Crippen molar-refractivity contribution in [2.45, 2.75) is 6.23 Å². The van der Waals surface area contributed by atoms with E-state index in [-0.39, 0.29) is 11.4 Å². The van der Waals surface area contributed by atoms with Crippen molar-refractivity contribution in [3.8, 4) is 0 Å². The van der Waals surface area contributed by atoms with Gasteiger partial charge in [-0.25, -0.2) is 0 Å². The average Bonchev–Trinajstić information content (AvgIpc) is 2.32. The van der Waals surface area contributed by atoms with Gasteiger partial charge in [-0.1, -0.05) is 6.08 Å². The highest BCUT2D eigenvalue weighted by Crippen LogP contribution is 2.39. The molecule has 0 radical (unpaired) electrons. The van der Waals surface area contributed by atoms with Gasteiger partial charge in [-0.05, 0) is 6.08 Å². The molecule has 1 aliphatic rings. The van der Waals surface area contributed by atoms with E-state index in [4.69, 9.17) is 0 Å². The Morgan fingerprint density at radius 2 is 1.94 bits per heavy atom. The SMILES string of the molecule is CN1c2c(cc([N+](=O)[O-])cc2[N+](=O)[O-])C=CC1O. The van der Waals surface area contributed by atoms with E-state index in [1.54, 1.807) is 0 Å². The fraction of sp³-hybridized carbons (Fsp3) is 0.200. The first-order valence-corrected chi connectivity index (χ1v) is 4.97. The fourth-order valence-electron chi connectivity index (χ4n) is 1.83. The van der Waals surface area contributed by atoms with Gasteiger partial charge in [-0.15, -0.1) is 0 Å². The van der Waals surface area contributed by atoms with Gasteiger partial charge in [0.15, 0.2) is 0 Å². The molecule has 1 aromatic carbocycles. The second-order valence-electron chi connectivity index (χ2n) is 3.80. The zero-order chi connectivity index (χ0) is 13.4. The molecule has 18 heavy (non-hydrogen) atoms. The Labute approximate surface area is 101 Å². The summed E-state index contributed by atoms with van der Waals surface area (Å²) >= 11 is 0. The van der Waals surface area contributed by atoms with Gasteiger partial charge >= 0.3 is 0 Å². The third-order valence-electron chi connectivity index (χ3n) is 2.71. The molecule has 1 heterocycles. The lowest BCUT2D eigenvalue weighted by Crippen LogP contribution is -2.32. The number of hydrogen-bond acceptors (Lipinski definition) is 6. The minimum atomic E-state index is -0.988. The van der Waals surface area contributed by atoms with Crippen LogP contribution in [0.15, 0.2) is 18.2 Å². The molecular weight excluding hydrogens is 242 g/mol. The molecule has 0 saturated heterocycles. The Bertz CT molecular complexity index is 569. The van der Waals surface area contributed by atoms with Crippen LogP contribution in [0.2, 0.25) is 0 Å². The summed E-state index contributed by atoms with van der Waals surface area (Å²) in [5, 5.41) is 31.2. The number of nitro groups is 2. The normalized spacial score (nSPS) is 17.4. The van der Waals surface area contributed by atoms with Crippen LogP contribution in [-0.4, -0.2) is 28.2 Å². The third kappa shape index (κ3) is 1.78. The van der Waals surface area contributed by atoms with E-state index in [2.05, 4.69) is 0 Å². The number of likely N-dealkylation sites (N-methyl/N-ethyl adjacent to an activating group) is 1. The van der Waals surface area contributed by atoms with Crippen LogP contribution in [0.25, 0.3) is 6.08 Å². The van der Waals surface area contributed by atoms with E-state index in [0.29, 0.717) is 5.56 Å². The number of aliphatic hydroxyl groups is 1. The van der Waals surface area contributed by atoms with Crippen molar-refractivity contribution in [1.29, 1.82) is 0 Å². The van der Waals surface area contributed by atoms with Gasteiger partial charge in [0, 0.05) is 18.7 Å². The number of fused-ring (bicyclic) bond motifs is 1. The van der Waals surface area contributed by atoms with Gasteiger partial charge in [0.05, 0.1) is 15.9 Å². The summed E-state index contributed by atoms with van der Waals surface area (Å²) in [5.41, 5.74) is -0.246. The summed E-state index contributed by atoms with van der Waals surface area (Å²) < 4.78 is 0. The number of anilines is 1. The molecule has 1 atom stereocenters. The van der Waals surface area contributed by atoms with Gasteiger partial charge in [-0.2, -0.15) is 0 Å². The lowest BCUT2D eigenvalue weighted by Gasteiger charge is -2.27. The van der Waals surface area contributed by atoms with Crippen molar-refractivity contribution in [3.05, 3.63) is 44.0 Å². The topological polar surface area (TPSA) is 110 Å². The summed E-state index contributed by atoms with van der Waals surface area (Å²) in [4.78, 5) is 21.6. The number of non-ortho nitro benzene ring substituents is 1. The zero-order valence-corrected chi connectivity index (χ0v) is 9.31. The molecule has 0 bridgehead atoms. The molecule has 0 fully saturated rings. The number of hydrogen-bond donors (Lipinski definition) is 1. The Hall–Kier alpha value is -2.48. The highest BCUT2D eigenvalue weighted by molar-refractivity contribution is 5.81. The summed E-state index contributed by atoms with van der Waals surface area (Å²) in [7, 11) is 1.48. The zero-order valence-electron chi connectivity index (χ0n) is 9.31. The molecule has 0 spiro atoms. The largest absolute Gasteiger partial charge is 0.370 e. The summed E-state index contributed by atoms with van der Waals surface area (Å²) in [5.74, 6) is 0. The first-order valence-electron chi connectivity index (χ1n) is 4.97. The molecule has 1 N–H and O–H groups in total. The predicted molar refractivity (Wildman–Crippen MR) is 63.2 cm³/mol. The van der Waals surface area contributed by atoms with Crippen LogP contribution < -0.4 is 4.90 Å². The Morgan fingerprint density at radius 1 is 1.28 bits per heavy atom. The van der Waals surface area contributed by atoms with Crippen molar-refractivity contribution in [3.63, 3.8) is 0 Å². The standard InChI is InChI=1S/C10H9N3O5/c1-11-9(14)3-2-6-4-7(12(15)16)5-8(10(6)11)13(17)18/h2-5,9,14H,1H3. The summed E-state index contributed by atoms with van der Waals surface area (Å²) in [6, 6.07) is 2.13. The van der Waals surface area contributed by atoms with E-state index >= 15 is 0 Å². The van der Waals surface area contributed by atoms with Gasteiger partial charge in [0.2, 0.25) is 0 Å². The van der Waals surface area contributed by atoms with Crippen molar-refractivity contribution in [1.82, 2.24) is 0 Å². The highest BCUT2D eigenvalue weighted by atomic mass is 16.6. The van der Waals surface area contributed by atoms with E-state index in [1.807, 2.05) is 0 Å². The molecule has 1 aromatic rings. The van der Waals surface area contributed by atoms with Crippen molar-refractivity contribution < 1.29 is 15.0 Å². The van der Waals surface area contributed by atoms with Crippen LogP contribution in [0, 0.1) is 20.2 Å². The molecule has 1 unspecified atom stereocenters. The quantitative estimate of drug-likeness (QED) is 0.626. The van der Waals surface area contributed by atoms with Crippen LogP contribution in [0.1, 0.15) is 5.56 Å². The monoisotopic (exact) mass is 251 g/mol. The minimum absolute atomic E-state index is 0.167. The molecule has 1 aliphatic heterocycles. The minimum Gasteiger partial charge on any atom is -0.370 e. The summed E-state index contributed by atoms with van der Waals surface area (Å²) in [6.07, 6.45) is 1.84. The second-order valence-corrected chi connectivity index (χ2v) is 3.80. The van der Waals surface area contributed by atoms with Crippen molar-refractivity contribution in [2.75, 3.05) is 11.9 Å². The number of nitro benzene ring substituents is 2. The van der Waals surface area contributed by atoms with Gasteiger partial charge < -0.3 is 10.0 Å². The first kappa shape index (κ1) is 12.0. The Balaban J connectivity index is 2.72. The van der Waals surface area contributed by atoms with Crippen molar-refractivity contribution in [2.24, 2.45) is 0 Å². The van der Waals surface area contributed by atoms with Crippen LogP contribution in [0.4, 0.5) is 17.1 Å². The maximum absolute atomic E-state index is 11.0. The molecular formula is C10H9N3O5. The van der Waals surface area contributed by atoms with Gasteiger partial charge in [0.1, 0.15) is 11.9 Å². The second kappa shape index (κ2) is 4.08. The molecule has 0 amide bonds. The van der Waals surface area contributed by atoms with E-state index in [1.165, 1.54) is 30.2 Å². The lowest BCUT2D eigenvalue weighted by atomic mass is 10.0. The van der Waals surface area contributed by atoms with Crippen LogP contribution in [-0.2, 0) is 0 Å². The van der Waals surface area contributed by atoms with E-state index in [9.17, 15) is 25.3 Å². The molecule has 0 aromatic heterocycles. The van der Waals surface area contributed by atoms with Crippen LogP contribution in [0.5, 0.6) is 0 Å². The number of aliphatic hydroxyl groups excluding tert-OH is 1. The van der Waals surface area contributed by atoms with Gasteiger partial charge in [0.25, 0.3) is 11.4 Å². The van der Waals surface area contributed by atoms with E-state index in [0.717, 1.165) is 6.07 Å². The first-order chi connectivity index (χ1) is 8.41. The molecule has 0 aliphatic carbocycles. The fourth-order valence-corrected chi connectivity index (χ4v) is 1.83. The Kier molecular flexibility index (Phi) is 2.71. The van der Waals surface area contributed by atoms with Crippen LogP contribution >= 0.6 is 0 Å². The average molecular weight is 251 g/mol. The smallest absolute Gasteiger partial charge is 0.300 e.